The molecule has 0 amide bonds. The highest BCUT2D eigenvalue weighted by Crippen LogP contribution is 2.13. The van der Waals surface area contributed by atoms with Crippen LogP contribution in [0, 0.1) is 0 Å². The molecular weight excluding hydrogens is 140 g/mol. The van der Waals surface area contributed by atoms with Crippen LogP contribution in [0.1, 0.15) is 0 Å². The molecule has 0 spiro atoms. The minimum atomic E-state index is 0.886. The zero-order valence-electron chi connectivity index (χ0n) is 6.13. The Labute approximate surface area is 63.6 Å². The summed E-state index contributed by atoms with van der Waals surface area (Å²) in [6, 6.07) is 5.83. The molecule has 4 nitrogen and oxygen atoms in total. The maximum Gasteiger partial charge on any atom is 0.115 e. The predicted octanol–water partition coefficient (Wildman–Crippen LogP) is 1.000. The van der Waals surface area contributed by atoms with Crippen LogP contribution >= 0.6 is 0 Å². The highest BCUT2D eigenvalue weighted by atomic mass is 15.3. The Morgan fingerprint density at radius 2 is 2.09 bits per heavy atom. The zero-order chi connectivity index (χ0) is 7.68. The van der Waals surface area contributed by atoms with Crippen LogP contribution in [0.15, 0.2) is 18.2 Å². The Kier molecular flexibility index (Phi) is 1.25. The maximum absolute atomic E-state index is 3.95. The molecule has 0 saturated heterocycles. The number of aromatic amines is 1. The van der Waals surface area contributed by atoms with Crippen molar-refractivity contribution in [1.82, 2.24) is 15.4 Å². The average Bonchev–Trinajstić information content (AvgIpc) is 2.50. The van der Waals surface area contributed by atoms with E-state index < -0.39 is 0 Å². The second-order valence-electron chi connectivity index (χ2n) is 2.28. The highest BCUT2D eigenvalue weighted by Gasteiger charge is 1.96. The number of hydrogen-bond donors (Lipinski definition) is 2. The van der Waals surface area contributed by atoms with E-state index in [0.29, 0.717) is 0 Å². The van der Waals surface area contributed by atoms with Gasteiger partial charge >= 0.3 is 0 Å². The monoisotopic (exact) mass is 148 g/mol. The van der Waals surface area contributed by atoms with E-state index in [1.165, 1.54) is 0 Å². The molecule has 0 aliphatic carbocycles. The standard InChI is InChI=1S/C7H8N4/c1-8-5-2-3-6-7(4-5)10-11-9-6/h2-4,8H,1H3,(H,9,10,11). The van der Waals surface area contributed by atoms with Gasteiger partial charge in [0.2, 0.25) is 0 Å². The molecule has 0 fully saturated rings. The summed E-state index contributed by atoms with van der Waals surface area (Å²) in [5, 5.41) is 13.5. The molecular formula is C7H8N4. The minimum Gasteiger partial charge on any atom is -0.388 e. The van der Waals surface area contributed by atoms with Gasteiger partial charge in [-0.2, -0.15) is 15.4 Å². The Bertz CT molecular complexity index is 365. The van der Waals surface area contributed by atoms with Gasteiger partial charge in [-0.25, -0.2) is 0 Å². The van der Waals surface area contributed by atoms with Crippen LogP contribution < -0.4 is 5.32 Å². The predicted molar refractivity (Wildman–Crippen MR) is 43.4 cm³/mol. The topological polar surface area (TPSA) is 53.6 Å². The highest BCUT2D eigenvalue weighted by molar-refractivity contribution is 5.77. The SMILES string of the molecule is CNc1ccc2n[nH]nc2c1. The number of nitrogens with zero attached hydrogens (tertiary/aromatic N) is 2. The van der Waals surface area contributed by atoms with Crippen molar-refractivity contribution in [3.8, 4) is 0 Å². The smallest absolute Gasteiger partial charge is 0.115 e. The fourth-order valence-electron chi connectivity index (χ4n) is 0.996. The molecule has 11 heavy (non-hydrogen) atoms. The summed E-state index contributed by atoms with van der Waals surface area (Å²) in [5.74, 6) is 0. The first-order valence-corrected chi connectivity index (χ1v) is 3.38. The number of benzene rings is 1. The lowest BCUT2D eigenvalue weighted by Crippen LogP contribution is -1.86. The van der Waals surface area contributed by atoms with Crippen molar-refractivity contribution >= 4 is 16.7 Å². The maximum atomic E-state index is 3.95. The summed E-state index contributed by atoms with van der Waals surface area (Å²) in [7, 11) is 1.88. The van der Waals surface area contributed by atoms with Crippen LogP contribution in [-0.2, 0) is 0 Å². The van der Waals surface area contributed by atoms with Gasteiger partial charge in [0.25, 0.3) is 0 Å². The van der Waals surface area contributed by atoms with Gasteiger partial charge < -0.3 is 5.32 Å². The van der Waals surface area contributed by atoms with E-state index >= 15 is 0 Å². The van der Waals surface area contributed by atoms with E-state index in [4.69, 9.17) is 0 Å². The first-order chi connectivity index (χ1) is 5.40. The van der Waals surface area contributed by atoms with Crippen molar-refractivity contribution in [2.75, 3.05) is 12.4 Å². The van der Waals surface area contributed by atoms with Gasteiger partial charge in [-0.05, 0) is 18.2 Å². The summed E-state index contributed by atoms with van der Waals surface area (Å²) in [6.45, 7) is 0. The van der Waals surface area contributed by atoms with Crippen LogP contribution in [0.4, 0.5) is 5.69 Å². The fourth-order valence-corrected chi connectivity index (χ4v) is 0.996. The Hall–Kier alpha value is -1.58. The number of fused-ring (bicyclic) bond motifs is 1. The third-order valence-corrected chi connectivity index (χ3v) is 1.60. The van der Waals surface area contributed by atoms with Crippen molar-refractivity contribution in [3.05, 3.63) is 18.2 Å². The lowest BCUT2D eigenvalue weighted by atomic mass is 10.3. The zero-order valence-corrected chi connectivity index (χ0v) is 6.13. The molecule has 1 aromatic heterocycles. The number of rotatable bonds is 1. The third-order valence-electron chi connectivity index (χ3n) is 1.60. The molecule has 0 bridgehead atoms. The number of anilines is 1. The Morgan fingerprint density at radius 3 is 2.91 bits per heavy atom. The third kappa shape index (κ3) is 0.920. The van der Waals surface area contributed by atoms with E-state index in [0.717, 1.165) is 16.7 Å². The van der Waals surface area contributed by atoms with Crippen LogP contribution in [0.2, 0.25) is 0 Å². The molecule has 4 heteroatoms. The van der Waals surface area contributed by atoms with E-state index in [-0.39, 0.29) is 0 Å². The molecule has 0 saturated carbocycles. The summed E-state index contributed by atoms with van der Waals surface area (Å²) in [5.41, 5.74) is 2.83. The van der Waals surface area contributed by atoms with E-state index in [9.17, 15) is 0 Å². The van der Waals surface area contributed by atoms with Gasteiger partial charge in [0.05, 0.1) is 0 Å². The lowest BCUT2D eigenvalue weighted by molar-refractivity contribution is 0.959. The molecule has 1 aromatic carbocycles. The first-order valence-electron chi connectivity index (χ1n) is 3.38. The normalized spacial score (nSPS) is 10.3. The molecule has 0 aliphatic rings. The van der Waals surface area contributed by atoms with E-state index in [1.807, 2.05) is 25.2 Å². The first kappa shape index (κ1) is 6.15. The van der Waals surface area contributed by atoms with Crippen LogP contribution in [0.25, 0.3) is 11.0 Å². The summed E-state index contributed by atoms with van der Waals surface area (Å²) < 4.78 is 0. The van der Waals surface area contributed by atoms with Gasteiger partial charge in [-0.3, -0.25) is 0 Å². The van der Waals surface area contributed by atoms with Crippen LogP contribution in [-0.4, -0.2) is 22.5 Å². The molecule has 2 N–H and O–H groups in total. The molecule has 2 aromatic rings. The molecule has 0 atom stereocenters. The largest absolute Gasteiger partial charge is 0.388 e. The molecule has 2 rings (SSSR count). The van der Waals surface area contributed by atoms with Crippen LogP contribution in [0.5, 0.6) is 0 Å². The van der Waals surface area contributed by atoms with E-state index in [1.54, 1.807) is 0 Å². The van der Waals surface area contributed by atoms with Gasteiger partial charge in [0.15, 0.2) is 0 Å². The lowest BCUT2D eigenvalue weighted by Gasteiger charge is -1.95. The molecule has 1 heterocycles. The second kappa shape index (κ2) is 2.23. The number of H-pyrrole nitrogens is 1. The average molecular weight is 148 g/mol. The van der Waals surface area contributed by atoms with Gasteiger partial charge in [-0.15, -0.1) is 0 Å². The number of nitrogens with one attached hydrogen (secondary N) is 2. The minimum absolute atomic E-state index is 0.886. The van der Waals surface area contributed by atoms with Crippen molar-refractivity contribution in [3.63, 3.8) is 0 Å². The number of aromatic nitrogens is 3. The molecule has 0 unspecified atom stereocenters. The fraction of sp³-hybridized carbons (Fsp3) is 0.143. The van der Waals surface area contributed by atoms with Gasteiger partial charge in [0.1, 0.15) is 11.0 Å². The molecule has 0 aliphatic heterocycles. The number of hydrogen-bond acceptors (Lipinski definition) is 3. The quantitative estimate of drug-likeness (QED) is 0.634. The summed E-state index contributed by atoms with van der Waals surface area (Å²) in [6.07, 6.45) is 0. The van der Waals surface area contributed by atoms with Crippen LogP contribution in [0.3, 0.4) is 0 Å². The van der Waals surface area contributed by atoms with Crippen molar-refractivity contribution < 1.29 is 0 Å². The molecule has 56 valence electrons. The Morgan fingerprint density at radius 1 is 1.27 bits per heavy atom. The molecule has 0 radical (unpaired) electrons. The summed E-state index contributed by atoms with van der Waals surface area (Å²) in [4.78, 5) is 0. The van der Waals surface area contributed by atoms with E-state index in [2.05, 4.69) is 20.7 Å². The second-order valence-corrected chi connectivity index (χ2v) is 2.28. The van der Waals surface area contributed by atoms with Gasteiger partial charge in [-0.1, -0.05) is 0 Å². The Balaban J connectivity index is 2.67. The van der Waals surface area contributed by atoms with Crippen molar-refractivity contribution in [2.24, 2.45) is 0 Å². The van der Waals surface area contributed by atoms with Crippen molar-refractivity contribution in [2.45, 2.75) is 0 Å². The summed E-state index contributed by atoms with van der Waals surface area (Å²) >= 11 is 0. The van der Waals surface area contributed by atoms with Gasteiger partial charge in [0, 0.05) is 12.7 Å². The van der Waals surface area contributed by atoms with Crippen molar-refractivity contribution in [1.29, 1.82) is 0 Å².